The Morgan fingerprint density at radius 3 is 2.74 bits per heavy atom. The zero-order chi connectivity index (χ0) is 13.2. The van der Waals surface area contributed by atoms with Crippen molar-refractivity contribution in [3.63, 3.8) is 0 Å². The number of para-hydroxylation sites is 1. The molecule has 1 fully saturated rings. The lowest BCUT2D eigenvalue weighted by Gasteiger charge is -2.37. The molecule has 104 valence electrons. The minimum atomic E-state index is 0.139. The van der Waals surface area contributed by atoms with Gasteiger partial charge in [-0.3, -0.25) is 0 Å². The van der Waals surface area contributed by atoms with Crippen LogP contribution in [0, 0.1) is 0 Å². The summed E-state index contributed by atoms with van der Waals surface area (Å²) in [6.07, 6.45) is 0.139. The summed E-state index contributed by atoms with van der Waals surface area (Å²) in [6.45, 7) is 10.4. The fourth-order valence-corrected chi connectivity index (χ4v) is 2.75. The van der Waals surface area contributed by atoms with Crippen molar-refractivity contribution in [3.05, 3.63) is 18.2 Å². The molecule has 2 heterocycles. The molecule has 3 rings (SSSR count). The molecule has 2 aliphatic rings. The van der Waals surface area contributed by atoms with Gasteiger partial charge in [0.25, 0.3) is 0 Å². The van der Waals surface area contributed by atoms with Crippen LogP contribution in [0.5, 0.6) is 11.5 Å². The molecule has 0 amide bonds. The van der Waals surface area contributed by atoms with Crippen LogP contribution in [0.3, 0.4) is 0 Å². The third-order valence-electron chi connectivity index (χ3n) is 3.91. The summed E-state index contributed by atoms with van der Waals surface area (Å²) in [7, 11) is 0. The zero-order valence-corrected chi connectivity index (χ0v) is 11.8. The van der Waals surface area contributed by atoms with Crippen LogP contribution in [-0.4, -0.2) is 50.3 Å². The van der Waals surface area contributed by atoms with Gasteiger partial charge in [-0.15, -0.1) is 0 Å². The molecule has 1 aromatic rings. The van der Waals surface area contributed by atoms with E-state index >= 15 is 0 Å². The smallest absolute Gasteiger partial charge is 0.184 e. The number of benzene rings is 1. The van der Waals surface area contributed by atoms with E-state index in [2.05, 4.69) is 28.9 Å². The number of likely N-dealkylation sites (N-methyl/N-ethyl adjacent to an activating group) is 1. The first-order chi connectivity index (χ1) is 9.28. The van der Waals surface area contributed by atoms with E-state index in [9.17, 15) is 0 Å². The van der Waals surface area contributed by atoms with Gasteiger partial charge in [-0.25, -0.2) is 0 Å². The fourth-order valence-electron chi connectivity index (χ4n) is 2.75. The molecule has 1 atom stereocenters. The number of fused-ring (bicyclic) bond motifs is 1. The highest BCUT2D eigenvalue weighted by atomic mass is 16.6. The molecule has 0 aliphatic carbocycles. The maximum atomic E-state index is 5.89. The van der Waals surface area contributed by atoms with E-state index in [1.54, 1.807) is 0 Å². The Labute approximate surface area is 114 Å². The van der Waals surface area contributed by atoms with Crippen molar-refractivity contribution in [2.24, 2.45) is 0 Å². The molecule has 1 aromatic carbocycles. The Kier molecular flexibility index (Phi) is 3.51. The number of anilines is 1. The highest BCUT2D eigenvalue weighted by Crippen LogP contribution is 2.40. The Morgan fingerprint density at radius 2 is 2.00 bits per heavy atom. The normalized spacial score (nSPS) is 23.5. The molecule has 2 aliphatic heterocycles. The van der Waals surface area contributed by atoms with Crippen LogP contribution in [0.15, 0.2) is 18.2 Å². The highest BCUT2D eigenvalue weighted by molar-refractivity contribution is 5.65. The monoisotopic (exact) mass is 262 g/mol. The van der Waals surface area contributed by atoms with E-state index in [0.717, 1.165) is 44.2 Å². The fraction of sp³-hybridized carbons (Fsp3) is 0.600. The van der Waals surface area contributed by atoms with Crippen LogP contribution in [0.1, 0.15) is 13.8 Å². The maximum absolute atomic E-state index is 5.89. The van der Waals surface area contributed by atoms with Crippen molar-refractivity contribution >= 4 is 5.69 Å². The van der Waals surface area contributed by atoms with E-state index in [1.165, 1.54) is 5.69 Å². The van der Waals surface area contributed by atoms with Gasteiger partial charge in [-0.05, 0) is 25.6 Å². The summed E-state index contributed by atoms with van der Waals surface area (Å²) >= 11 is 0. The van der Waals surface area contributed by atoms with Crippen molar-refractivity contribution in [2.45, 2.75) is 20.0 Å². The summed E-state index contributed by atoms with van der Waals surface area (Å²) in [6, 6.07) is 6.19. The largest absolute Gasteiger partial charge is 0.484 e. The van der Waals surface area contributed by atoms with E-state index in [-0.39, 0.29) is 6.10 Å². The van der Waals surface area contributed by atoms with Gasteiger partial charge in [0.2, 0.25) is 0 Å². The quantitative estimate of drug-likeness (QED) is 0.814. The molecule has 0 bridgehead atoms. The van der Waals surface area contributed by atoms with Gasteiger partial charge < -0.3 is 19.3 Å². The second-order valence-corrected chi connectivity index (χ2v) is 5.27. The van der Waals surface area contributed by atoms with Gasteiger partial charge in [-0.2, -0.15) is 0 Å². The van der Waals surface area contributed by atoms with Crippen LogP contribution in [0.25, 0.3) is 0 Å². The number of rotatable bonds is 2. The SMILES string of the molecule is CCN1CCN(c2cccc3c2OCC(C)O3)CC1. The standard InChI is InChI=1S/C15H22N2O2/c1-3-16-7-9-17(10-8-16)13-5-4-6-14-15(13)18-11-12(2)19-14/h4-6,12H,3,7-11H2,1-2H3. The number of nitrogens with zero attached hydrogens (tertiary/aromatic N) is 2. The van der Waals surface area contributed by atoms with Gasteiger partial charge in [0.1, 0.15) is 12.7 Å². The number of hydrogen-bond donors (Lipinski definition) is 0. The lowest BCUT2D eigenvalue weighted by molar-refractivity contribution is 0.104. The molecule has 0 spiro atoms. The Balaban J connectivity index is 1.80. The summed E-state index contributed by atoms with van der Waals surface area (Å²) in [5, 5.41) is 0. The van der Waals surface area contributed by atoms with E-state index in [4.69, 9.17) is 9.47 Å². The molecule has 1 unspecified atom stereocenters. The zero-order valence-electron chi connectivity index (χ0n) is 11.8. The molecule has 4 nitrogen and oxygen atoms in total. The molecule has 1 saturated heterocycles. The minimum absolute atomic E-state index is 0.139. The van der Waals surface area contributed by atoms with Gasteiger partial charge >= 0.3 is 0 Å². The molecule has 0 aromatic heterocycles. The van der Waals surface area contributed by atoms with E-state index < -0.39 is 0 Å². The predicted octanol–water partition coefficient (Wildman–Crippen LogP) is 1.99. The van der Waals surface area contributed by atoms with Crippen LogP contribution in [-0.2, 0) is 0 Å². The third kappa shape index (κ3) is 2.50. The molecular formula is C15H22N2O2. The molecular weight excluding hydrogens is 240 g/mol. The summed E-state index contributed by atoms with van der Waals surface area (Å²) in [5.74, 6) is 1.81. The van der Waals surface area contributed by atoms with Crippen LogP contribution in [0.4, 0.5) is 5.69 Å². The van der Waals surface area contributed by atoms with Gasteiger partial charge in [0.05, 0.1) is 5.69 Å². The van der Waals surface area contributed by atoms with Crippen molar-refractivity contribution in [1.29, 1.82) is 0 Å². The summed E-state index contributed by atoms with van der Waals surface area (Å²) in [4.78, 5) is 4.88. The average molecular weight is 262 g/mol. The molecule has 0 saturated carbocycles. The van der Waals surface area contributed by atoms with Gasteiger partial charge in [-0.1, -0.05) is 13.0 Å². The van der Waals surface area contributed by atoms with Gasteiger partial charge in [0.15, 0.2) is 11.5 Å². The van der Waals surface area contributed by atoms with Crippen LogP contribution in [0.2, 0.25) is 0 Å². The van der Waals surface area contributed by atoms with Crippen molar-refractivity contribution in [2.75, 3.05) is 44.2 Å². The molecule has 0 N–H and O–H groups in total. The topological polar surface area (TPSA) is 24.9 Å². The minimum Gasteiger partial charge on any atom is -0.484 e. The molecule has 0 radical (unpaired) electrons. The Hall–Kier alpha value is -1.42. The predicted molar refractivity (Wildman–Crippen MR) is 76.4 cm³/mol. The third-order valence-corrected chi connectivity index (χ3v) is 3.91. The second-order valence-electron chi connectivity index (χ2n) is 5.27. The van der Waals surface area contributed by atoms with Gasteiger partial charge in [0, 0.05) is 26.2 Å². The summed E-state index contributed by atoms with van der Waals surface area (Å²) < 4.78 is 11.7. The summed E-state index contributed by atoms with van der Waals surface area (Å²) in [5.41, 5.74) is 1.18. The Morgan fingerprint density at radius 1 is 1.21 bits per heavy atom. The highest BCUT2D eigenvalue weighted by Gasteiger charge is 2.24. The van der Waals surface area contributed by atoms with Crippen LogP contribution < -0.4 is 14.4 Å². The van der Waals surface area contributed by atoms with E-state index in [1.807, 2.05) is 13.0 Å². The Bertz CT molecular complexity index is 442. The lowest BCUT2D eigenvalue weighted by atomic mass is 10.2. The lowest BCUT2D eigenvalue weighted by Crippen LogP contribution is -2.46. The van der Waals surface area contributed by atoms with E-state index in [0.29, 0.717) is 6.61 Å². The molecule has 4 heteroatoms. The average Bonchev–Trinajstić information content (AvgIpc) is 2.46. The van der Waals surface area contributed by atoms with Crippen molar-refractivity contribution in [3.8, 4) is 11.5 Å². The first-order valence-electron chi connectivity index (χ1n) is 7.17. The number of piperazine rings is 1. The number of ether oxygens (including phenoxy) is 2. The maximum Gasteiger partial charge on any atom is 0.184 e. The number of hydrogen-bond acceptors (Lipinski definition) is 4. The molecule has 19 heavy (non-hydrogen) atoms. The first-order valence-corrected chi connectivity index (χ1v) is 7.17. The van der Waals surface area contributed by atoms with Crippen LogP contribution >= 0.6 is 0 Å². The van der Waals surface area contributed by atoms with Crippen molar-refractivity contribution < 1.29 is 9.47 Å². The van der Waals surface area contributed by atoms with Crippen molar-refractivity contribution in [1.82, 2.24) is 4.90 Å². The second kappa shape index (κ2) is 5.29. The first kappa shape index (κ1) is 12.6.